The summed E-state index contributed by atoms with van der Waals surface area (Å²) in [5.41, 5.74) is 0.313. The van der Waals surface area contributed by atoms with E-state index in [1.807, 2.05) is 12.1 Å². The number of anilines is 1. The Balaban J connectivity index is 1.59. The molecule has 4 aliphatic rings. The van der Waals surface area contributed by atoms with Crippen molar-refractivity contribution in [3.63, 3.8) is 0 Å². The lowest BCUT2D eigenvalue weighted by Gasteiger charge is -2.49. The third kappa shape index (κ3) is 3.10. The van der Waals surface area contributed by atoms with Crippen LogP contribution in [0.5, 0.6) is 17.2 Å². The lowest BCUT2D eigenvalue weighted by Crippen LogP contribution is -2.49. The average molecular weight is 517 g/mol. The first kappa shape index (κ1) is 24.2. The first-order valence-electron chi connectivity index (χ1n) is 12.6. The lowest BCUT2D eigenvalue weighted by atomic mass is 9.51. The lowest BCUT2D eigenvalue weighted by molar-refractivity contribution is -0.131. The highest BCUT2D eigenvalue weighted by molar-refractivity contribution is 6.24. The Kier molecular flexibility index (Phi) is 5.38. The number of ether oxygens (including phenoxy) is 2. The van der Waals surface area contributed by atoms with Gasteiger partial charge in [0.25, 0.3) is 0 Å². The molecule has 2 aliphatic heterocycles. The summed E-state index contributed by atoms with van der Waals surface area (Å²) < 4.78 is 11.0. The van der Waals surface area contributed by atoms with E-state index in [-0.39, 0.29) is 35.8 Å². The number of para-hydroxylation sites is 1. The average Bonchev–Trinajstić information content (AvgIpc) is 3.31. The zero-order chi connectivity index (χ0) is 26.9. The molecule has 38 heavy (non-hydrogen) atoms. The number of imide groups is 2. The molecule has 6 rings (SSSR count). The summed E-state index contributed by atoms with van der Waals surface area (Å²) in [6.45, 7) is 1.76. The predicted octanol–water partition coefficient (Wildman–Crippen LogP) is 2.93. The molecule has 2 N–H and O–H groups in total. The number of phenols is 1. The zero-order valence-electron chi connectivity index (χ0n) is 21.3. The molecule has 0 unspecified atom stereocenters. The number of benzene rings is 2. The van der Waals surface area contributed by atoms with Crippen LogP contribution in [0, 0.1) is 29.1 Å². The van der Waals surface area contributed by atoms with Gasteiger partial charge in [0.2, 0.25) is 23.6 Å². The molecule has 0 radical (unpaired) electrons. The fraction of sp³-hybridized carbons (Fsp3) is 0.379. The van der Waals surface area contributed by atoms with E-state index >= 15 is 0 Å². The topological polar surface area (TPSA) is 122 Å². The van der Waals surface area contributed by atoms with Crippen molar-refractivity contribution < 1.29 is 33.8 Å². The second kappa shape index (κ2) is 8.44. The van der Waals surface area contributed by atoms with Gasteiger partial charge in [0.15, 0.2) is 0 Å². The van der Waals surface area contributed by atoms with Gasteiger partial charge in [-0.05, 0) is 37.8 Å². The van der Waals surface area contributed by atoms with Crippen LogP contribution in [0.4, 0.5) is 5.69 Å². The number of amides is 4. The van der Waals surface area contributed by atoms with Gasteiger partial charge in [-0.15, -0.1) is 0 Å². The number of carbonyl (C=O) groups is 4. The van der Waals surface area contributed by atoms with Gasteiger partial charge in [0.1, 0.15) is 17.2 Å². The molecule has 6 atom stereocenters. The number of hydrogen-bond donors (Lipinski definition) is 2. The Hall–Kier alpha value is -4.14. The molecule has 4 amide bonds. The number of hydrogen-bond acceptors (Lipinski definition) is 7. The molecule has 3 fully saturated rings. The van der Waals surface area contributed by atoms with E-state index < -0.39 is 35.0 Å². The first-order valence-corrected chi connectivity index (χ1v) is 12.6. The van der Waals surface area contributed by atoms with Crippen LogP contribution in [0.15, 0.2) is 54.1 Å². The van der Waals surface area contributed by atoms with E-state index in [1.165, 1.54) is 25.2 Å². The number of methoxy groups -OCH3 is 2. The van der Waals surface area contributed by atoms with E-state index in [0.717, 1.165) is 5.57 Å². The second-order valence-electron chi connectivity index (χ2n) is 10.6. The van der Waals surface area contributed by atoms with Crippen molar-refractivity contribution in [2.75, 3.05) is 19.1 Å². The molecule has 0 spiro atoms. The number of phenolic OH excluding ortho intramolecular Hbond substituents is 1. The van der Waals surface area contributed by atoms with E-state index in [4.69, 9.17) is 9.47 Å². The van der Waals surface area contributed by atoms with Crippen LogP contribution in [0.2, 0.25) is 0 Å². The van der Waals surface area contributed by atoms with E-state index in [9.17, 15) is 24.3 Å². The molecule has 2 aliphatic carbocycles. The number of aromatic hydroxyl groups is 1. The Morgan fingerprint density at radius 3 is 2.42 bits per heavy atom. The van der Waals surface area contributed by atoms with E-state index in [0.29, 0.717) is 29.2 Å². The smallest absolute Gasteiger partial charge is 0.241 e. The number of carbonyl (C=O) groups excluding carboxylic acids is 4. The third-order valence-electron chi connectivity index (χ3n) is 8.97. The first-order chi connectivity index (χ1) is 18.2. The molecule has 2 saturated heterocycles. The van der Waals surface area contributed by atoms with Gasteiger partial charge < -0.3 is 14.6 Å². The minimum Gasteiger partial charge on any atom is -0.507 e. The molecular formula is C29H28N2O7. The Morgan fingerprint density at radius 1 is 1.00 bits per heavy atom. The largest absolute Gasteiger partial charge is 0.507 e. The Labute approximate surface area is 219 Å². The third-order valence-corrected chi connectivity index (χ3v) is 8.97. The second-order valence-corrected chi connectivity index (χ2v) is 10.6. The van der Waals surface area contributed by atoms with Gasteiger partial charge in [0.05, 0.1) is 43.1 Å². The summed E-state index contributed by atoms with van der Waals surface area (Å²) in [5, 5.41) is 13.8. The number of nitrogens with zero attached hydrogens (tertiary/aromatic N) is 1. The zero-order valence-corrected chi connectivity index (χ0v) is 21.3. The molecule has 9 nitrogen and oxygen atoms in total. The minimum atomic E-state index is -1.28. The highest BCUT2D eigenvalue weighted by Crippen LogP contribution is 2.65. The fourth-order valence-corrected chi connectivity index (χ4v) is 7.22. The van der Waals surface area contributed by atoms with Crippen LogP contribution in [-0.2, 0) is 19.2 Å². The standard InChI is InChI=1S/C29H28N2O7/c1-29-19(27(35)31(28(29)36)14-7-5-4-6-8-14)13-18-16(9-10-17-22(18)26(34)30-25(17)33)24(29)23-20(32)11-15(37-2)12-21(23)38-3/h4-9,11-12,17-19,22,24,32H,10,13H2,1-3H3,(H,30,33,34)/t17-,18+,19-,22-,24+,29+/m0/s1. The summed E-state index contributed by atoms with van der Waals surface area (Å²) in [5.74, 6) is -4.05. The van der Waals surface area contributed by atoms with Crippen LogP contribution < -0.4 is 19.7 Å². The number of nitrogens with one attached hydrogen (secondary N) is 1. The minimum absolute atomic E-state index is 0.139. The normalized spacial score (nSPS) is 31.8. The van der Waals surface area contributed by atoms with Crippen molar-refractivity contribution in [1.82, 2.24) is 5.32 Å². The quantitative estimate of drug-likeness (QED) is 0.473. The van der Waals surface area contributed by atoms with Crippen molar-refractivity contribution >= 4 is 29.3 Å². The van der Waals surface area contributed by atoms with Gasteiger partial charge >= 0.3 is 0 Å². The fourth-order valence-electron chi connectivity index (χ4n) is 7.22. The Morgan fingerprint density at radius 2 is 1.74 bits per heavy atom. The summed E-state index contributed by atoms with van der Waals surface area (Å²) >= 11 is 0. The van der Waals surface area contributed by atoms with Gasteiger partial charge in [0, 0.05) is 23.6 Å². The summed E-state index contributed by atoms with van der Waals surface area (Å²) in [6.07, 6.45) is 2.49. The molecular weight excluding hydrogens is 488 g/mol. The maximum Gasteiger partial charge on any atom is 0.241 e. The van der Waals surface area contributed by atoms with Crippen molar-refractivity contribution in [2.24, 2.45) is 29.1 Å². The SMILES string of the molecule is COc1cc(O)c([C@H]2C3=CC[C@@H]4C(=O)NC(=O)[C@@H]4[C@@H]3C[C@H]3C(=O)N(c4ccccc4)C(=O)[C@@]23C)c(OC)c1. The van der Waals surface area contributed by atoms with E-state index in [1.54, 1.807) is 37.3 Å². The van der Waals surface area contributed by atoms with Crippen LogP contribution in [0.25, 0.3) is 0 Å². The Bertz CT molecular complexity index is 1420. The molecule has 9 heteroatoms. The predicted molar refractivity (Wildman–Crippen MR) is 135 cm³/mol. The van der Waals surface area contributed by atoms with Gasteiger partial charge in [-0.3, -0.25) is 24.5 Å². The van der Waals surface area contributed by atoms with Crippen LogP contribution in [0.1, 0.15) is 31.2 Å². The molecule has 2 heterocycles. The van der Waals surface area contributed by atoms with E-state index in [2.05, 4.69) is 5.32 Å². The number of rotatable bonds is 4. The van der Waals surface area contributed by atoms with Crippen molar-refractivity contribution in [2.45, 2.75) is 25.7 Å². The monoisotopic (exact) mass is 516 g/mol. The molecule has 196 valence electrons. The molecule has 2 aromatic rings. The highest BCUT2D eigenvalue weighted by Gasteiger charge is 2.67. The van der Waals surface area contributed by atoms with Crippen LogP contribution in [0.3, 0.4) is 0 Å². The molecule has 1 saturated carbocycles. The van der Waals surface area contributed by atoms with Crippen molar-refractivity contribution in [3.8, 4) is 17.2 Å². The van der Waals surface area contributed by atoms with Gasteiger partial charge in [-0.2, -0.15) is 0 Å². The maximum absolute atomic E-state index is 14.3. The summed E-state index contributed by atoms with van der Waals surface area (Å²) in [7, 11) is 2.93. The molecule has 0 bridgehead atoms. The van der Waals surface area contributed by atoms with Crippen molar-refractivity contribution in [1.29, 1.82) is 0 Å². The molecule has 2 aromatic carbocycles. The van der Waals surface area contributed by atoms with Gasteiger partial charge in [-0.1, -0.05) is 29.8 Å². The number of fused-ring (bicyclic) bond motifs is 4. The van der Waals surface area contributed by atoms with Crippen LogP contribution >= 0.6 is 0 Å². The van der Waals surface area contributed by atoms with Crippen molar-refractivity contribution in [3.05, 3.63) is 59.7 Å². The summed E-state index contributed by atoms with van der Waals surface area (Å²) in [6, 6.07) is 11.8. The summed E-state index contributed by atoms with van der Waals surface area (Å²) in [4.78, 5) is 55.0. The van der Waals surface area contributed by atoms with Gasteiger partial charge in [-0.25, -0.2) is 4.90 Å². The number of allylic oxidation sites excluding steroid dienone is 2. The highest BCUT2D eigenvalue weighted by atomic mass is 16.5. The maximum atomic E-state index is 14.3. The van der Waals surface area contributed by atoms with Crippen LogP contribution in [-0.4, -0.2) is 43.0 Å². The molecule has 0 aromatic heterocycles.